The van der Waals surface area contributed by atoms with Crippen LogP contribution in [0.15, 0.2) is 36.4 Å². The Morgan fingerprint density at radius 3 is 2.24 bits per heavy atom. The zero-order valence-electron chi connectivity index (χ0n) is 17.1. The molecule has 1 aliphatic carbocycles. The third kappa shape index (κ3) is 3.97. The van der Waals surface area contributed by atoms with Gasteiger partial charge >= 0.3 is 0 Å². The van der Waals surface area contributed by atoms with Crippen molar-refractivity contribution < 1.29 is 23.7 Å². The third-order valence-electron chi connectivity index (χ3n) is 5.68. The Hall–Kier alpha value is -2.89. The lowest BCUT2D eigenvalue weighted by Gasteiger charge is -2.37. The zero-order chi connectivity index (χ0) is 20.4. The molecule has 1 saturated carbocycles. The summed E-state index contributed by atoms with van der Waals surface area (Å²) in [7, 11) is 4.90. The molecule has 1 amide bonds. The van der Waals surface area contributed by atoms with Crippen molar-refractivity contribution in [3.8, 4) is 23.0 Å². The van der Waals surface area contributed by atoms with Crippen molar-refractivity contribution >= 4 is 5.91 Å². The lowest BCUT2D eigenvalue weighted by atomic mass is 9.91. The lowest BCUT2D eigenvalue weighted by molar-refractivity contribution is -0.136. The molecule has 154 valence electrons. The Morgan fingerprint density at radius 2 is 1.62 bits per heavy atom. The van der Waals surface area contributed by atoms with E-state index in [2.05, 4.69) is 0 Å². The van der Waals surface area contributed by atoms with Gasteiger partial charge in [-0.15, -0.1) is 0 Å². The first-order valence-electron chi connectivity index (χ1n) is 9.96. The molecule has 1 atom stereocenters. The van der Waals surface area contributed by atoms with Crippen molar-refractivity contribution in [2.45, 2.75) is 25.3 Å². The number of methoxy groups -OCH3 is 3. The number of amides is 1. The number of hydrogen-bond acceptors (Lipinski definition) is 5. The molecule has 4 rings (SSSR count). The maximum Gasteiger partial charge on any atom is 0.226 e. The van der Waals surface area contributed by atoms with Crippen LogP contribution in [0.2, 0.25) is 0 Å². The highest BCUT2D eigenvalue weighted by molar-refractivity contribution is 5.82. The van der Waals surface area contributed by atoms with Gasteiger partial charge < -0.3 is 23.8 Å². The van der Waals surface area contributed by atoms with Gasteiger partial charge in [0.2, 0.25) is 5.91 Å². The Morgan fingerprint density at radius 1 is 0.966 bits per heavy atom. The second-order valence-electron chi connectivity index (χ2n) is 7.46. The molecule has 1 fully saturated rings. The van der Waals surface area contributed by atoms with Crippen molar-refractivity contribution in [3.05, 3.63) is 47.5 Å². The average Bonchev–Trinajstić information content (AvgIpc) is 3.61. The Bertz CT molecular complexity index is 876. The maximum atomic E-state index is 13.0. The summed E-state index contributed by atoms with van der Waals surface area (Å²) >= 11 is 0. The van der Waals surface area contributed by atoms with Crippen LogP contribution >= 0.6 is 0 Å². The van der Waals surface area contributed by atoms with Crippen LogP contribution in [0.1, 0.15) is 30.0 Å². The van der Waals surface area contributed by atoms with Gasteiger partial charge in [0.15, 0.2) is 11.5 Å². The lowest BCUT2D eigenvalue weighted by Crippen LogP contribution is -2.43. The fraction of sp³-hybridized carbons (Fsp3) is 0.435. The molecular weight excluding hydrogens is 370 g/mol. The van der Waals surface area contributed by atoms with Gasteiger partial charge in [-0.3, -0.25) is 4.79 Å². The first-order valence-corrected chi connectivity index (χ1v) is 9.96. The Labute approximate surface area is 171 Å². The molecule has 2 aromatic carbocycles. The van der Waals surface area contributed by atoms with E-state index < -0.39 is 0 Å². The molecule has 0 bridgehead atoms. The van der Waals surface area contributed by atoms with Crippen LogP contribution in [0.25, 0.3) is 0 Å². The van der Waals surface area contributed by atoms with E-state index in [-0.39, 0.29) is 17.9 Å². The van der Waals surface area contributed by atoms with Crippen molar-refractivity contribution in [1.82, 2.24) is 4.90 Å². The van der Waals surface area contributed by atoms with Crippen molar-refractivity contribution in [1.29, 1.82) is 0 Å². The SMILES string of the molecule is COc1ccc(OCC2c3cc(OC)c(OC)cc3CCN2C(=O)C2CC2)cc1. The number of benzene rings is 2. The molecular formula is C23H27NO5. The predicted octanol–water partition coefficient (Wildman–Crippen LogP) is 3.63. The van der Waals surface area contributed by atoms with Gasteiger partial charge in [-0.2, -0.15) is 0 Å². The number of fused-ring (bicyclic) bond motifs is 1. The largest absolute Gasteiger partial charge is 0.497 e. The smallest absolute Gasteiger partial charge is 0.226 e. The maximum absolute atomic E-state index is 13.0. The van der Waals surface area contributed by atoms with Gasteiger partial charge in [0.1, 0.15) is 18.1 Å². The van der Waals surface area contributed by atoms with Crippen molar-refractivity contribution in [2.24, 2.45) is 5.92 Å². The highest BCUT2D eigenvalue weighted by Gasteiger charge is 2.39. The van der Waals surface area contributed by atoms with E-state index in [9.17, 15) is 4.79 Å². The fourth-order valence-electron chi connectivity index (χ4n) is 3.88. The monoisotopic (exact) mass is 397 g/mol. The highest BCUT2D eigenvalue weighted by Crippen LogP contribution is 2.41. The number of nitrogens with zero attached hydrogens (tertiary/aromatic N) is 1. The van der Waals surface area contributed by atoms with Crippen LogP contribution in [0, 0.1) is 5.92 Å². The first-order chi connectivity index (χ1) is 14.1. The van der Waals surface area contributed by atoms with E-state index in [0.29, 0.717) is 24.7 Å². The van der Waals surface area contributed by atoms with Gasteiger partial charge in [-0.25, -0.2) is 0 Å². The molecule has 29 heavy (non-hydrogen) atoms. The van der Waals surface area contributed by atoms with Gasteiger partial charge in [-0.05, 0) is 66.8 Å². The number of carbonyl (C=O) groups is 1. The van der Waals surface area contributed by atoms with Crippen LogP contribution in [-0.2, 0) is 11.2 Å². The van der Waals surface area contributed by atoms with Gasteiger partial charge in [-0.1, -0.05) is 0 Å². The van der Waals surface area contributed by atoms with Gasteiger partial charge in [0.25, 0.3) is 0 Å². The molecule has 6 heteroatoms. The van der Waals surface area contributed by atoms with Crippen LogP contribution < -0.4 is 18.9 Å². The normalized spacial score (nSPS) is 18.0. The summed E-state index contributed by atoms with van der Waals surface area (Å²) in [4.78, 5) is 14.9. The quantitative estimate of drug-likeness (QED) is 0.714. The molecule has 0 saturated heterocycles. The molecule has 0 spiro atoms. The van der Waals surface area contributed by atoms with Crippen LogP contribution in [0.5, 0.6) is 23.0 Å². The zero-order valence-corrected chi connectivity index (χ0v) is 17.1. The van der Waals surface area contributed by atoms with Gasteiger partial charge in [0, 0.05) is 12.5 Å². The van der Waals surface area contributed by atoms with E-state index in [0.717, 1.165) is 36.3 Å². The first kappa shape index (κ1) is 19.4. The number of hydrogen-bond donors (Lipinski definition) is 0. The third-order valence-corrected chi connectivity index (χ3v) is 5.68. The minimum Gasteiger partial charge on any atom is -0.497 e. The summed E-state index contributed by atoms with van der Waals surface area (Å²) < 4.78 is 22.3. The minimum absolute atomic E-state index is 0.159. The predicted molar refractivity (Wildman–Crippen MR) is 109 cm³/mol. The van der Waals surface area contributed by atoms with Crippen LogP contribution in [0.3, 0.4) is 0 Å². The highest BCUT2D eigenvalue weighted by atomic mass is 16.5. The second kappa shape index (κ2) is 8.23. The summed E-state index contributed by atoms with van der Waals surface area (Å²) in [5, 5.41) is 0. The van der Waals surface area contributed by atoms with E-state index in [1.807, 2.05) is 41.3 Å². The molecule has 1 unspecified atom stereocenters. The molecule has 0 radical (unpaired) electrons. The average molecular weight is 397 g/mol. The molecule has 6 nitrogen and oxygen atoms in total. The van der Waals surface area contributed by atoms with E-state index in [4.69, 9.17) is 18.9 Å². The van der Waals surface area contributed by atoms with E-state index in [1.165, 1.54) is 5.56 Å². The number of ether oxygens (including phenoxy) is 4. The number of rotatable bonds is 7. The molecule has 0 N–H and O–H groups in total. The summed E-state index contributed by atoms with van der Waals surface area (Å²) in [6, 6.07) is 11.3. The fourth-order valence-corrected chi connectivity index (χ4v) is 3.88. The Kier molecular flexibility index (Phi) is 5.51. The van der Waals surface area contributed by atoms with Crippen molar-refractivity contribution in [3.63, 3.8) is 0 Å². The Balaban J connectivity index is 1.63. The topological polar surface area (TPSA) is 57.2 Å². The summed E-state index contributed by atoms with van der Waals surface area (Å²) in [5.74, 6) is 3.30. The minimum atomic E-state index is -0.159. The molecule has 2 aliphatic rings. The summed E-state index contributed by atoms with van der Waals surface area (Å²) in [5.41, 5.74) is 2.24. The van der Waals surface area contributed by atoms with Gasteiger partial charge in [0.05, 0.1) is 27.4 Å². The van der Waals surface area contributed by atoms with Crippen molar-refractivity contribution in [2.75, 3.05) is 34.5 Å². The van der Waals surface area contributed by atoms with E-state index >= 15 is 0 Å². The molecule has 2 aromatic rings. The summed E-state index contributed by atoms with van der Waals surface area (Å²) in [6.07, 6.45) is 2.77. The van der Waals surface area contributed by atoms with Crippen LogP contribution in [0.4, 0.5) is 0 Å². The second-order valence-corrected chi connectivity index (χ2v) is 7.46. The van der Waals surface area contributed by atoms with E-state index in [1.54, 1.807) is 21.3 Å². The summed E-state index contributed by atoms with van der Waals surface area (Å²) in [6.45, 7) is 1.07. The molecule has 0 aromatic heterocycles. The molecule has 1 heterocycles. The molecule has 1 aliphatic heterocycles. The van der Waals surface area contributed by atoms with Crippen LogP contribution in [-0.4, -0.2) is 45.3 Å². The number of carbonyl (C=O) groups excluding carboxylic acids is 1. The standard InChI is InChI=1S/C23H27NO5/c1-26-17-6-8-18(9-7-17)29-14-20-19-13-22(28-3)21(27-2)12-16(19)10-11-24(20)23(25)15-4-5-15/h6-9,12-13,15,20H,4-5,10-11,14H2,1-3H3.